The van der Waals surface area contributed by atoms with Crippen LogP contribution >= 0.6 is 0 Å². The van der Waals surface area contributed by atoms with Gasteiger partial charge in [0, 0.05) is 17.3 Å². The molecule has 0 aliphatic carbocycles. The highest BCUT2D eigenvalue weighted by molar-refractivity contribution is 5.86. The maximum atomic E-state index is 11.4. The third-order valence-corrected chi connectivity index (χ3v) is 6.08. The largest absolute Gasteiger partial charge is 0.488 e. The lowest BCUT2D eigenvalue weighted by Crippen LogP contribution is -2.12. The number of aliphatic carboxylic acids is 1. The van der Waals surface area contributed by atoms with E-state index in [0.29, 0.717) is 13.0 Å². The number of H-pyrrole nitrogens is 1. The minimum Gasteiger partial charge on any atom is -0.488 e. The molecule has 0 radical (unpaired) electrons. The lowest BCUT2D eigenvalue weighted by atomic mass is 9.96. The zero-order valence-electron chi connectivity index (χ0n) is 18.4. The van der Waals surface area contributed by atoms with Crippen LogP contribution in [-0.4, -0.2) is 16.1 Å². The molecule has 0 fully saturated rings. The maximum Gasteiger partial charge on any atom is 0.306 e. The zero-order valence-corrected chi connectivity index (χ0v) is 18.4. The second kappa shape index (κ2) is 8.83. The van der Waals surface area contributed by atoms with Crippen LogP contribution in [0, 0.1) is 5.92 Å². The summed E-state index contributed by atoms with van der Waals surface area (Å²) in [5, 5.41) is 12.9. The molecule has 4 aromatic carbocycles. The molecule has 0 bridgehead atoms. The van der Waals surface area contributed by atoms with Gasteiger partial charge in [-0.15, -0.1) is 0 Å². The van der Waals surface area contributed by atoms with Gasteiger partial charge in [-0.3, -0.25) is 4.79 Å². The molecule has 4 nitrogen and oxygen atoms in total. The van der Waals surface area contributed by atoms with Gasteiger partial charge in [0.15, 0.2) is 0 Å². The highest BCUT2D eigenvalue weighted by atomic mass is 16.5. The van der Waals surface area contributed by atoms with Crippen molar-refractivity contribution in [3.63, 3.8) is 0 Å². The molecule has 1 aromatic heterocycles. The molecule has 0 aliphatic rings. The zero-order chi connectivity index (χ0) is 22.8. The van der Waals surface area contributed by atoms with Gasteiger partial charge in [0.1, 0.15) is 12.4 Å². The molecule has 164 valence electrons. The van der Waals surface area contributed by atoms with E-state index in [1.165, 1.54) is 10.8 Å². The molecular formula is C29H25NO3. The van der Waals surface area contributed by atoms with Crippen LogP contribution in [0.4, 0.5) is 0 Å². The molecule has 4 heteroatoms. The number of carbonyl (C=O) groups is 1. The second-order valence-corrected chi connectivity index (χ2v) is 8.52. The Morgan fingerprint density at radius 3 is 2.55 bits per heavy atom. The van der Waals surface area contributed by atoms with Gasteiger partial charge in [0.2, 0.25) is 0 Å². The predicted molar refractivity (Wildman–Crippen MR) is 133 cm³/mol. The molecule has 0 amide bonds. The van der Waals surface area contributed by atoms with E-state index in [9.17, 15) is 9.90 Å². The summed E-state index contributed by atoms with van der Waals surface area (Å²) >= 11 is 0. The Balaban J connectivity index is 1.48. The fraction of sp³-hybridized carbons (Fsp3) is 0.138. The Morgan fingerprint density at radius 2 is 1.70 bits per heavy atom. The maximum absolute atomic E-state index is 11.4. The summed E-state index contributed by atoms with van der Waals surface area (Å²) in [5.41, 5.74) is 5.17. The van der Waals surface area contributed by atoms with Crippen molar-refractivity contribution in [2.45, 2.75) is 20.0 Å². The Labute approximate surface area is 192 Å². The third kappa shape index (κ3) is 4.46. The van der Waals surface area contributed by atoms with Gasteiger partial charge in [-0.25, -0.2) is 0 Å². The number of fused-ring (bicyclic) bond motifs is 2. The average Bonchev–Trinajstić information content (AvgIpc) is 3.31. The summed E-state index contributed by atoms with van der Waals surface area (Å²) in [5.74, 6) is -0.457. The number of rotatable bonds is 7. The molecule has 1 heterocycles. The van der Waals surface area contributed by atoms with E-state index in [-0.39, 0.29) is 0 Å². The highest BCUT2D eigenvalue weighted by Gasteiger charge is 2.15. The summed E-state index contributed by atoms with van der Waals surface area (Å²) < 4.78 is 6.30. The van der Waals surface area contributed by atoms with Crippen LogP contribution in [0.25, 0.3) is 32.8 Å². The summed E-state index contributed by atoms with van der Waals surface area (Å²) in [4.78, 5) is 14.6. The van der Waals surface area contributed by atoms with Crippen LogP contribution in [0.15, 0.2) is 91.1 Å². The molecule has 0 aliphatic heterocycles. The van der Waals surface area contributed by atoms with Crippen LogP contribution in [0.1, 0.15) is 18.1 Å². The smallest absolute Gasteiger partial charge is 0.306 e. The highest BCUT2D eigenvalue weighted by Crippen LogP contribution is 2.34. The fourth-order valence-corrected chi connectivity index (χ4v) is 4.21. The van der Waals surface area contributed by atoms with Gasteiger partial charge >= 0.3 is 5.97 Å². The Bertz CT molecular complexity index is 1450. The number of benzene rings is 4. The first-order chi connectivity index (χ1) is 16.1. The van der Waals surface area contributed by atoms with Gasteiger partial charge < -0.3 is 14.8 Å². The van der Waals surface area contributed by atoms with Crippen molar-refractivity contribution in [3.8, 4) is 16.9 Å². The minimum atomic E-state index is -0.790. The number of hydrogen-bond donors (Lipinski definition) is 2. The quantitative estimate of drug-likeness (QED) is 0.294. The normalized spacial score (nSPS) is 12.2. The van der Waals surface area contributed by atoms with Crippen molar-refractivity contribution in [1.29, 1.82) is 0 Å². The standard InChI is InChI=1S/C29H25NO3/c1-19(29(31)32)14-20-7-11-28(26(16-20)24-9-10-27-25(17-24)12-13-30-27)33-18-21-6-8-22-4-2-3-5-23(22)15-21/h2-13,15-17,19,30H,14,18H2,1H3,(H,31,32). The molecule has 5 rings (SSSR count). The topological polar surface area (TPSA) is 62.3 Å². The number of carboxylic acids is 1. The van der Waals surface area contributed by atoms with E-state index in [0.717, 1.165) is 38.9 Å². The number of ether oxygens (including phenoxy) is 1. The van der Waals surface area contributed by atoms with Crippen LogP contribution in [0.5, 0.6) is 5.75 Å². The van der Waals surface area contributed by atoms with E-state index in [1.807, 2.05) is 36.5 Å². The summed E-state index contributed by atoms with van der Waals surface area (Å²) in [6, 6.07) is 29.0. The molecule has 0 spiro atoms. The third-order valence-electron chi connectivity index (χ3n) is 6.08. The number of aromatic nitrogens is 1. The van der Waals surface area contributed by atoms with Gasteiger partial charge in [-0.2, -0.15) is 0 Å². The molecule has 33 heavy (non-hydrogen) atoms. The Hall–Kier alpha value is -4.05. The molecule has 2 N–H and O–H groups in total. The SMILES string of the molecule is CC(Cc1ccc(OCc2ccc3ccccc3c2)c(-c2ccc3[nH]ccc3c2)c1)C(=O)O. The summed E-state index contributed by atoms with van der Waals surface area (Å²) in [7, 11) is 0. The first-order valence-electron chi connectivity index (χ1n) is 11.1. The summed E-state index contributed by atoms with van der Waals surface area (Å²) in [6.07, 6.45) is 2.40. The molecule has 1 atom stereocenters. The molecule has 0 saturated carbocycles. The Kier molecular flexibility index (Phi) is 5.57. The number of aromatic amines is 1. The monoisotopic (exact) mass is 435 g/mol. The first-order valence-corrected chi connectivity index (χ1v) is 11.1. The van der Waals surface area contributed by atoms with Gasteiger partial charge in [-0.1, -0.05) is 55.5 Å². The van der Waals surface area contributed by atoms with Crippen LogP contribution in [0.2, 0.25) is 0 Å². The van der Waals surface area contributed by atoms with E-state index < -0.39 is 11.9 Å². The van der Waals surface area contributed by atoms with Crippen molar-refractivity contribution in [2.24, 2.45) is 5.92 Å². The molecular weight excluding hydrogens is 410 g/mol. The van der Waals surface area contributed by atoms with Gasteiger partial charge in [-0.05, 0) is 75.7 Å². The lowest BCUT2D eigenvalue weighted by molar-refractivity contribution is -0.141. The predicted octanol–water partition coefficient (Wildman–Crippen LogP) is 6.83. The number of hydrogen-bond acceptors (Lipinski definition) is 2. The van der Waals surface area contributed by atoms with Crippen molar-refractivity contribution in [2.75, 3.05) is 0 Å². The summed E-state index contributed by atoms with van der Waals surface area (Å²) in [6.45, 7) is 2.19. The van der Waals surface area contributed by atoms with Gasteiger partial charge in [0.05, 0.1) is 5.92 Å². The van der Waals surface area contributed by atoms with Crippen molar-refractivity contribution >= 4 is 27.6 Å². The minimum absolute atomic E-state index is 0.450. The van der Waals surface area contributed by atoms with Crippen molar-refractivity contribution in [1.82, 2.24) is 4.98 Å². The Morgan fingerprint density at radius 1 is 0.879 bits per heavy atom. The second-order valence-electron chi connectivity index (χ2n) is 8.52. The van der Waals surface area contributed by atoms with Crippen LogP contribution in [0.3, 0.4) is 0 Å². The van der Waals surface area contributed by atoms with E-state index in [4.69, 9.17) is 4.74 Å². The van der Waals surface area contributed by atoms with E-state index in [2.05, 4.69) is 59.6 Å². The first kappa shape index (κ1) is 20.8. The van der Waals surface area contributed by atoms with E-state index in [1.54, 1.807) is 6.92 Å². The molecule has 0 saturated heterocycles. The number of carboxylic acid groups (broad SMARTS) is 1. The van der Waals surface area contributed by atoms with E-state index >= 15 is 0 Å². The van der Waals surface area contributed by atoms with Crippen LogP contribution in [-0.2, 0) is 17.8 Å². The van der Waals surface area contributed by atoms with Crippen LogP contribution < -0.4 is 4.74 Å². The molecule has 5 aromatic rings. The van der Waals surface area contributed by atoms with Crippen molar-refractivity contribution < 1.29 is 14.6 Å². The lowest BCUT2D eigenvalue weighted by Gasteiger charge is -2.15. The average molecular weight is 436 g/mol. The number of nitrogens with one attached hydrogen (secondary N) is 1. The van der Waals surface area contributed by atoms with Gasteiger partial charge in [0.25, 0.3) is 0 Å². The fourth-order valence-electron chi connectivity index (χ4n) is 4.21. The molecule has 1 unspecified atom stereocenters. The van der Waals surface area contributed by atoms with Crippen molar-refractivity contribution in [3.05, 3.63) is 102 Å².